The number of para-hydroxylation sites is 1. The van der Waals surface area contributed by atoms with E-state index in [1.54, 1.807) is 6.20 Å². The Labute approximate surface area is 113 Å². The Morgan fingerprint density at radius 1 is 1.24 bits per heavy atom. The van der Waals surface area contributed by atoms with Crippen LogP contribution in [0.15, 0.2) is 42.6 Å². The van der Waals surface area contributed by atoms with Crippen LogP contribution in [0.5, 0.6) is 0 Å². The second kappa shape index (κ2) is 4.72. The van der Waals surface area contributed by atoms with Gasteiger partial charge in [0.2, 0.25) is 0 Å². The first kappa shape index (κ1) is 11.9. The number of nitrogens with zero attached hydrogens (tertiary/aromatic N) is 3. The first-order valence-corrected chi connectivity index (χ1v) is 5.08. The third kappa shape index (κ3) is 1.98. The minimum absolute atomic E-state index is 0. The predicted octanol–water partition coefficient (Wildman–Crippen LogP) is 2.18. The van der Waals surface area contributed by atoms with Crippen LogP contribution in [0.1, 0.15) is 0 Å². The molecular weight excluding hydrogens is 390 g/mol. The summed E-state index contributed by atoms with van der Waals surface area (Å²) in [5.74, 6) is 0.896. The third-order valence-corrected chi connectivity index (χ3v) is 2.52. The predicted molar refractivity (Wildman–Crippen MR) is 61.8 cm³/mol. The zero-order valence-corrected chi connectivity index (χ0v) is 11.6. The monoisotopic (exact) mass is 401 g/mol. The van der Waals surface area contributed by atoms with Crippen LogP contribution in [0, 0.1) is 6.07 Å². The summed E-state index contributed by atoms with van der Waals surface area (Å²) in [5.41, 5.74) is 2.01. The summed E-state index contributed by atoms with van der Waals surface area (Å²) in [6, 6.07) is 18.1. The molecule has 0 aliphatic carbocycles. The van der Waals surface area contributed by atoms with Gasteiger partial charge < -0.3 is 0 Å². The summed E-state index contributed by atoms with van der Waals surface area (Å²) in [6.07, 6.45) is 1.79. The Morgan fingerprint density at radius 3 is 2.88 bits per heavy atom. The van der Waals surface area contributed by atoms with Gasteiger partial charge in [-0.15, -0.1) is 6.07 Å². The molecule has 3 nitrogen and oxygen atoms in total. The Bertz CT molecular complexity index is 614. The molecule has 3 rings (SSSR count). The normalized spacial score (nSPS) is 12.3. The number of hydrogen-bond donors (Lipinski definition) is 0. The number of benzene rings is 1. The molecule has 1 aliphatic heterocycles. The number of fused-ring (bicyclic) bond motifs is 1. The smallest absolute Gasteiger partial charge is 0.188 e. The topological polar surface area (TPSA) is 18.9 Å². The molecule has 0 unspecified atom stereocenters. The van der Waals surface area contributed by atoms with Crippen molar-refractivity contribution in [2.24, 2.45) is 0 Å². The number of rotatable bonds is 1. The molecule has 0 bridgehead atoms. The molecule has 17 heavy (non-hydrogen) atoms. The number of hydrogen-bond acceptors (Lipinski definition) is 1. The molecule has 1 aromatic heterocycles. The quantitative estimate of drug-likeness (QED) is 0.530. The van der Waals surface area contributed by atoms with Gasteiger partial charge in [0.1, 0.15) is 5.69 Å². The summed E-state index contributed by atoms with van der Waals surface area (Å²) in [5, 5.41) is 0. The van der Waals surface area contributed by atoms with Gasteiger partial charge in [0.15, 0.2) is 7.05 Å². The molecule has 0 saturated heterocycles. The first-order chi connectivity index (χ1) is 7.86. The van der Waals surface area contributed by atoms with E-state index in [2.05, 4.69) is 17.1 Å². The van der Waals surface area contributed by atoms with Crippen molar-refractivity contribution in [1.29, 1.82) is 0 Å². The van der Waals surface area contributed by atoms with E-state index in [4.69, 9.17) is 0 Å². The average Bonchev–Trinajstić information content (AvgIpc) is 2.69. The Kier molecular flexibility index (Phi) is 3.30. The van der Waals surface area contributed by atoms with E-state index < -0.39 is 0 Å². The van der Waals surface area contributed by atoms with Gasteiger partial charge in [-0.25, -0.2) is 0 Å². The Hall–Kier alpha value is -1.60. The molecule has 85 valence electrons. The molecule has 1 radical (unpaired) electrons. The van der Waals surface area contributed by atoms with Gasteiger partial charge in [-0.1, -0.05) is 15.2 Å². The maximum Gasteiger partial charge on any atom is 0.495 e. The van der Waals surface area contributed by atoms with E-state index in [1.807, 2.05) is 52.6 Å². The maximum absolute atomic E-state index is 4.37. The van der Waals surface area contributed by atoms with Gasteiger partial charge in [-0.2, -0.15) is 23.2 Å². The third-order valence-electron chi connectivity index (χ3n) is 2.52. The molecular formula is C13H10IrN3+. The first-order valence-electron chi connectivity index (χ1n) is 5.08. The fourth-order valence-electron chi connectivity index (χ4n) is 1.76. The molecule has 4 heteroatoms. The van der Waals surface area contributed by atoms with E-state index in [0.29, 0.717) is 0 Å². The van der Waals surface area contributed by atoms with Crippen LogP contribution in [0.4, 0.5) is 17.2 Å². The number of pyridine rings is 1. The minimum atomic E-state index is 0. The SMILES string of the molecule is C[N+]1=C=[N+](c2[c-]cccc2)c2ncccc21.[Ir]. The van der Waals surface area contributed by atoms with Crippen molar-refractivity contribution in [3.8, 4) is 0 Å². The van der Waals surface area contributed by atoms with E-state index in [1.165, 1.54) is 0 Å². The Balaban J connectivity index is 0.00000108. The van der Waals surface area contributed by atoms with Gasteiger partial charge in [0.05, 0.1) is 0 Å². The molecule has 0 fully saturated rings. The van der Waals surface area contributed by atoms with Crippen LogP contribution in [0.2, 0.25) is 0 Å². The van der Waals surface area contributed by atoms with E-state index in [-0.39, 0.29) is 20.1 Å². The summed E-state index contributed by atoms with van der Waals surface area (Å²) in [6.45, 7) is 0. The zero-order chi connectivity index (χ0) is 11.0. The van der Waals surface area contributed by atoms with Crippen molar-refractivity contribution in [1.82, 2.24) is 9.56 Å². The van der Waals surface area contributed by atoms with Crippen LogP contribution in [0.25, 0.3) is 0 Å². The van der Waals surface area contributed by atoms with Crippen LogP contribution in [-0.2, 0) is 20.1 Å². The van der Waals surface area contributed by atoms with E-state index in [0.717, 1.165) is 17.2 Å². The summed E-state index contributed by atoms with van der Waals surface area (Å²) in [4.78, 5) is 4.37. The van der Waals surface area contributed by atoms with E-state index >= 15 is 0 Å². The van der Waals surface area contributed by atoms with Crippen LogP contribution < -0.4 is 4.58 Å². The average molecular weight is 400 g/mol. The molecule has 0 atom stereocenters. The van der Waals surface area contributed by atoms with Crippen molar-refractivity contribution in [3.63, 3.8) is 0 Å². The standard InChI is InChI=1S/C13H10N3.Ir/c1-15-10-16(11-6-3-2-4-7-11)13-12(15)8-5-9-14-13;/h2-6,8-9H,1H3;/q+1;. The van der Waals surface area contributed by atoms with Gasteiger partial charge in [0, 0.05) is 32.4 Å². The Morgan fingerprint density at radius 2 is 2.12 bits per heavy atom. The largest absolute Gasteiger partial charge is 0.495 e. The second-order valence-electron chi connectivity index (χ2n) is 3.59. The fourth-order valence-corrected chi connectivity index (χ4v) is 1.76. The number of aromatic nitrogens is 1. The fraction of sp³-hybridized carbons (Fsp3) is 0.0769. The van der Waals surface area contributed by atoms with Crippen molar-refractivity contribution in [2.75, 3.05) is 7.05 Å². The van der Waals surface area contributed by atoms with Crippen molar-refractivity contribution in [2.45, 2.75) is 0 Å². The minimum Gasteiger partial charge on any atom is -0.188 e. The summed E-state index contributed by atoms with van der Waals surface area (Å²) < 4.78 is 3.85. The summed E-state index contributed by atoms with van der Waals surface area (Å²) >= 11 is 0. The molecule has 2 aromatic rings. The van der Waals surface area contributed by atoms with Gasteiger partial charge in [-0.05, 0) is 6.07 Å². The van der Waals surface area contributed by atoms with E-state index in [9.17, 15) is 0 Å². The van der Waals surface area contributed by atoms with Crippen LogP contribution in [-0.4, -0.2) is 22.6 Å². The van der Waals surface area contributed by atoms with Crippen molar-refractivity contribution >= 4 is 23.2 Å². The second-order valence-corrected chi connectivity index (χ2v) is 3.59. The van der Waals surface area contributed by atoms with Crippen molar-refractivity contribution in [3.05, 3.63) is 48.7 Å². The van der Waals surface area contributed by atoms with Crippen LogP contribution >= 0.6 is 0 Å². The van der Waals surface area contributed by atoms with Gasteiger partial charge >= 0.3 is 17.5 Å². The van der Waals surface area contributed by atoms with Crippen molar-refractivity contribution < 1.29 is 24.7 Å². The maximum atomic E-state index is 4.37. The van der Waals surface area contributed by atoms with Gasteiger partial charge in [0.25, 0.3) is 0 Å². The molecule has 1 aromatic carbocycles. The molecule has 0 saturated carbocycles. The molecule has 1 aliphatic rings. The van der Waals surface area contributed by atoms with Crippen LogP contribution in [0.3, 0.4) is 0 Å². The van der Waals surface area contributed by atoms with Gasteiger partial charge in [-0.3, -0.25) is 0 Å². The molecule has 2 heterocycles. The zero-order valence-electron chi connectivity index (χ0n) is 9.22. The molecule has 0 amide bonds. The molecule has 0 spiro atoms. The summed E-state index contributed by atoms with van der Waals surface area (Å²) in [7, 11) is 1.96. The molecule has 0 N–H and O–H groups in total.